The number of carboxylic acid groups (broad SMARTS) is 1. The number of halogens is 1. The maximum Gasteiger partial charge on any atom is 0.409 e. The summed E-state index contributed by atoms with van der Waals surface area (Å²) in [6, 6.07) is 10.1. The maximum atomic E-state index is 13.1. The van der Waals surface area contributed by atoms with Crippen molar-refractivity contribution in [1.82, 2.24) is 13.9 Å². The molecule has 0 saturated heterocycles. The second-order valence-electron chi connectivity index (χ2n) is 6.58. The standard InChI is InChI=1S/C20H15IN4O4S/c1-12-2-4-16(5-3-12)30(28,29)25-11-18(21)17-7-14(9-23-19(17)25)13-6-15(10-22-8-13)24-20(26)27/h2-11,24H,1H3,(H,26,27). The maximum absolute atomic E-state index is 13.1. The number of nitrogens with one attached hydrogen (secondary N) is 1. The van der Waals surface area contributed by atoms with Crippen molar-refractivity contribution in [2.24, 2.45) is 0 Å². The highest BCUT2D eigenvalue weighted by atomic mass is 127. The number of pyridine rings is 2. The number of aromatic nitrogens is 3. The molecule has 2 N–H and O–H groups in total. The number of hydrogen-bond donors (Lipinski definition) is 2. The second-order valence-corrected chi connectivity index (χ2v) is 9.56. The molecule has 8 nitrogen and oxygen atoms in total. The van der Waals surface area contributed by atoms with Gasteiger partial charge in [-0.2, -0.15) is 0 Å². The Bertz CT molecular complexity index is 1380. The summed E-state index contributed by atoms with van der Waals surface area (Å²) in [4.78, 5) is 19.5. The van der Waals surface area contributed by atoms with Gasteiger partial charge in [-0.25, -0.2) is 22.2 Å². The van der Waals surface area contributed by atoms with Crippen LogP contribution in [0.2, 0.25) is 0 Å². The van der Waals surface area contributed by atoms with E-state index in [1.807, 2.05) is 13.0 Å². The van der Waals surface area contributed by atoms with Crippen LogP contribution < -0.4 is 5.32 Å². The Balaban J connectivity index is 1.80. The van der Waals surface area contributed by atoms with E-state index in [0.717, 1.165) is 9.13 Å². The molecule has 0 aliphatic heterocycles. The van der Waals surface area contributed by atoms with Gasteiger partial charge in [-0.1, -0.05) is 17.7 Å². The number of nitrogens with zero attached hydrogens (tertiary/aromatic N) is 3. The van der Waals surface area contributed by atoms with Gasteiger partial charge in [-0.3, -0.25) is 10.3 Å². The Hall–Kier alpha value is -2.99. The van der Waals surface area contributed by atoms with Crippen LogP contribution in [0.15, 0.2) is 66.1 Å². The van der Waals surface area contributed by atoms with Crippen LogP contribution >= 0.6 is 22.6 Å². The number of benzene rings is 1. The van der Waals surface area contributed by atoms with E-state index in [9.17, 15) is 13.2 Å². The fraction of sp³-hybridized carbons (Fsp3) is 0.0500. The van der Waals surface area contributed by atoms with Crippen LogP contribution in [-0.2, 0) is 10.0 Å². The molecule has 0 unspecified atom stereocenters. The average Bonchev–Trinajstić information content (AvgIpc) is 3.05. The second kappa shape index (κ2) is 7.69. The van der Waals surface area contributed by atoms with E-state index >= 15 is 0 Å². The van der Waals surface area contributed by atoms with Crippen molar-refractivity contribution in [3.63, 3.8) is 0 Å². The molecule has 3 aromatic heterocycles. The number of anilines is 1. The minimum Gasteiger partial charge on any atom is -0.465 e. The molecule has 0 aliphatic carbocycles. The van der Waals surface area contributed by atoms with Gasteiger partial charge < -0.3 is 5.11 Å². The molecule has 10 heteroatoms. The highest BCUT2D eigenvalue weighted by Crippen LogP contribution is 2.30. The van der Waals surface area contributed by atoms with Gasteiger partial charge in [0.1, 0.15) is 0 Å². The van der Waals surface area contributed by atoms with Crippen molar-refractivity contribution in [3.05, 3.63) is 70.3 Å². The fourth-order valence-corrected chi connectivity index (χ4v) is 5.19. The van der Waals surface area contributed by atoms with Crippen LogP contribution in [0.5, 0.6) is 0 Å². The SMILES string of the molecule is Cc1ccc(S(=O)(=O)n2cc(I)c3cc(-c4cncc(NC(=O)O)c4)cnc32)cc1. The quantitative estimate of drug-likeness (QED) is 0.377. The first kappa shape index (κ1) is 20.3. The Morgan fingerprint density at radius 3 is 2.50 bits per heavy atom. The summed E-state index contributed by atoms with van der Waals surface area (Å²) in [5, 5.41) is 11.8. The van der Waals surface area contributed by atoms with Gasteiger partial charge >= 0.3 is 6.09 Å². The van der Waals surface area contributed by atoms with Crippen molar-refractivity contribution in [2.45, 2.75) is 11.8 Å². The lowest BCUT2D eigenvalue weighted by Crippen LogP contribution is -2.12. The molecular formula is C20H15IN4O4S. The van der Waals surface area contributed by atoms with E-state index in [1.54, 1.807) is 42.7 Å². The molecule has 1 amide bonds. The van der Waals surface area contributed by atoms with Crippen molar-refractivity contribution in [3.8, 4) is 11.1 Å². The Kier molecular flexibility index (Phi) is 5.20. The summed E-state index contributed by atoms with van der Waals surface area (Å²) in [6.45, 7) is 1.89. The van der Waals surface area contributed by atoms with E-state index in [4.69, 9.17) is 5.11 Å². The lowest BCUT2D eigenvalue weighted by molar-refractivity contribution is 0.209. The topological polar surface area (TPSA) is 114 Å². The summed E-state index contributed by atoms with van der Waals surface area (Å²) in [7, 11) is -3.80. The third-order valence-electron chi connectivity index (χ3n) is 4.46. The summed E-state index contributed by atoms with van der Waals surface area (Å²) in [6.07, 6.45) is 4.88. The number of fused-ring (bicyclic) bond motifs is 1. The molecule has 1 aromatic carbocycles. The minimum atomic E-state index is -3.80. The van der Waals surface area contributed by atoms with E-state index in [1.165, 1.54) is 16.4 Å². The first-order valence-corrected chi connectivity index (χ1v) is 11.2. The number of aryl methyl sites for hydroxylation is 1. The van der Waals surface area contributed by atoms with Crippen LogP contribution in [0.1, 0.15) is 5.56 Å². The monoisotopic (exact) mass is 534 g/mol. The van der Waals surface area contributed by atoms with Crippen LogP contribution in [0.3, 0.4) is 0 Å². The van der Waals surface area contributed by atoms with Crippen LogP contribution in [0.4, 0.5) is 10.5 Å². The van der Waals surface area contributed by atoms with Gasteiger partial charge in [0.15, 0.2) is 5.65 Å². The van der Waals surface area contributed by atoms with Crippen molar-refractivity contribution >= 4 is 55.4 Å². The van der Waals surface area contributed by atoms with Gasteiger partial charge in [-0.15, -0.1) is 0 Å². The number of carbonyl (C=O) groups is 1. The van der Waals surface area contributed by atoms with Gasteiger partial charge in [0.25, 0.3) is 10.0 Å². The summed E-state index contributed by atoms with van der Waals surface area (Å²) in [5.74, 6) is 0. The molecule has 0 spiro atoms. The molecule has 0 fully saturated rings. The largest absolute Gasteiger partial charge is 0.465 e. The molecule has 0 atom stereocenters. The van der Waals surface area contributed by atoms with Crippen LogP contribution in [0, 0.1) is 10.5 Å². The molecule has 0 saturated carbocycles. The van der Waals surface area contributed by atoms with Gasteiger partial charge in [0.2, 0.25) is 0 Å². The van der Waals surface area contributed by atoms with E-state index < -0.39 is 16.1 Å². The normalized spacial score (nSPS) is 11.5. The van der Waals surface area contributed by atoms with Gasteiger partial charge in [0, 0.05) is 38.7 Å². The van der Waals surface area contributed by atoms with Crippen molar-refractivity contribution in [2.75, 3.05) is 5.32 Å². The summed E-state index contributed by atoms with van der Waals surface area (Å²) >= 11 is 2.07. The molecule has 3 heterocycles. The Morgan fingerprint density at radius 2 is 1.80 bits per heavy atom. The third-order valence-corrected chi connectivity index (χ3v) is 6.99. The molecular weight excluding hydrogens is 519 g/mol. The Labute approximate surface area is 185 Å². The van der Waals surface area contributed by atoms with Crippen LogP contribution in [-0.4, -0.2) is 33.6 Å². The van der Waals surface area contributed by atoms with Crippen molar-refractivity contribution < 1.29 is 18.3 Å². The molecule has 4 rings (SSSR count). The highest BCUT2D eigenvalue weighted by Gasteiger charge is 2.22. The van der Waals surface area contributed by atoms with Gasteiger partial charge in [0.05, 0.1) is 16.8 Å². The third kappa shape index (κ3) is 3.75. The first-order valence-electron chi connectivity index (χ1n) is 8.70. The van der Waals surface area contributed by atoms with Gasteiger partial charge in [-0.05, 0) is 53.8 Å². The lowest BCUT2D eigenvalue weighted by atomic mass is 10.1. The fourth-order valence-electron chi connectivity index (χ4n) is 3.00. The number of hydrogen-bond acceptors (Lipinski definition) is 5. The molecule has 152 valence electrons. The zero-order valence-electron chi connectivity index (χ0n) is 15.6. The highest BCUT2D eigenvalue weighted by molar-refractivity contribution is 14.1. The number of amides is 1. The molecule has 0 radical (unpaired) electrons. The first-order chi connectivity index (χ1) is 14.3. The molecule has 4 aromatic rings. The predicted octanol–water partition coefficient (Wildman–Crippen LogP) is 4.34. The zero-order valence-corrected chi connectivity index (χ0v) is 18.5. The minimum absolute atomic E-state index is 0.184. The molecule has 0 aliphatic rings. The predicted molar refractivity (Wildman–Crippen MR) is 121 cm³/mol. The lowest BCUT2D eigenvalue weighted by Gasteiger charge is -2.08. The zero-order chi connectivity index (χ0) is 21.5. The van der Waals surface area contributed by atoms with Crippen LogP contribution in [0.25, 0.3) is 22.2 Å². The summed E-state index contributed by atoms with van der Waals surface area (Å²) in [5.41, 5.74) is 2.95. The Morgan fingerprint density at radius 1 is 1.10 bits per heavy atom. The molecule has 0 bridgehead atoms. The van der Waals surface area contributed by atoms with Crippen molar-refractivity contribution in [1.29, 1.82) is 0 Å². The van der Waals surface area contributed by atoms with E-state index in [2.05, 4.69) is 37.9 Å². The number of rotatable bonds is 4. The average molecular weight is 534 g/mol. The smallest absolute Gasteiger partial charge is 0.409 e. The molecule has 30 heavy (non-hydrogen) atoms. The summed E-state index contributed by atoms with van der Waals surface area (Å²) < 4.78 is 28.1. The van der Waals surface area contributed by atoms with E-state index in [0.29, 0.717) is 27.8 Å². The van der Waals surface area contributed by atoms with E-state index in [-0.39, 0.29) is 4.90 Å².